The third-order valence-corrected chi connectivity index (χ3v) is 1.83. The molecule has 0 saturated heterocycles. The Morgan fingerprint density at radius 2 is 1.94 bits per heavy atom. The first-order valence-corrected chi connectivity index (χ1v) is 4.22. The molecule has 1 rings (SSSR count). The highest BCUT2D eigenvalue weighted by molar-refractivity contribution is 5.87. The molecule has 0 N–H and O–H groups in total. The number of rotatable bonds is 2. The maximum Gasteiger partial charge on any atom is 0.418 e. The van der Waals surface area contributed by atoms with Crippen LogP contribution in [0.25, 0.3) is 0 Å². The smallest absolute Gasteiger partial charge is 0.418 e. The number of ether oxygens (including phenoxy) is 1. The summed E-state index contributed by atoms with van der Waals surface area (Å²) < 4.78 is 66.0. The summed E-state index contributed by atoms with van der Waals surface area (Å²) in [5, 5.41) is 0. The van der Waals surface area contributed by atoms with Gasteiger partial charge in [0, 0.05) is 0 Å². The van der Waals surface area contributed by atoms with Gasteiger partial charge in [0.25, 0.3) is 6.43 Å². The molecule has 1 aromatic rings. The molecule has 0 atom stereocenters. The number of methoxy groups -OCH3 is 1. The van der Waals surface area contributed by atoms with Gasteiger partial charge in [0.15, 0.2) is 0 Å². The van der Waals surface area contributed by atoms with Crippen LogP contribution in [0.5, 0.6) is 0 Å². The Labute approximate surface area is 92.2 Å². The van der Waals surface area contributed by atoms with Crippen molar-refractivity contribution >= 4 is 5.97 Å². The van der Waals surface area contributed by atoms with Crippen LogP contribution in [-0.4, -0.2) is 18.1 Å². The third-order valence-electron chi connectivity index (χ3n) is 1.83. The number of halogens is 5. The second-order valence-corrected chi connectivity index (χ2v) is 2.92. The van der Waals surface area contributed by atoms with Gasteiger partial charge in [-0.2, -0.15) is 13.2 Å². The second kappa shape index (κ2) is 4.64. The van der Waals surface area contributed by atoms with Gasteiger partial charge < -0.3 is 4.74 Å². The van der Waals surface area contributed by atoms with Crippen molar-refractivity contribution in [1.29, 1.82) is 0 Å². The number of hydrogen-bond acceptors (Lipinski definition) is 3. The maximum atomic E-state index is 12.4. The lowest BCUT2D eigenvalue weighted by atomic mass is 10.1. The van der Waals surface area contributed by atoms with Crippen molar-refractivity contribution in [3.8, 4) is 0 Å². The molecule has 0 unspecified atom stereocenters. The molecule has 0 amide bonds. The molecule has 0 radical (unpaired) electrons. The van der Waals surface area contributed by atoms with Gasteiger partial charge in [0.1, 0.15) is 11.4 Å². The molecular weight excluding hydrogens is 249 g/mol. The number of carbonyl (C=O) groups excluding carboxylic acids is 1. The minimum Gasteiger partial charge on any atom is -0.464 e. The van der Waals surface area contributed by atoms with E-state index in [-0.39, 0.29) is 0 Å². The van der Waals surface area contributed by atoms with Crippen molar-refractivity contribution in [2.24, 2.45) is 0 Å². The Morgan fingerprint density at radius 1 is 1.35 bits per heavy atom. The number of hydrogen-bond donors (Lipinski definition) is 0. The number of alkyl halides is 5. The highest BCUT2D eigenvalue weighted by Gasteiger charge is 2.37. The molecule has 0 saturated carbocycles. The summed E-state index contributed by atoms with van der Waals surface area (Å²) in [6.07, 6.45) is -8.39. The first-order chi connectivity index (χ1) is 7.77. The average Bonchev–Trinajstić information content (AvgIpc) is 2.25. The Morgan fingerprint density at radius 3 is 2.35 bits per heavy atom. The van der Waals surface area contributed by atoms with E-state index < -0.39 is 35.5 Å². The second-order valence-electron chi connectivity index (χ2n) is 2.92. The fourth-order valence-corrected chi connectivity index (χ4v) is 1.10. The van der Waals surface area contributed by atoms with Crippen molar-refractivity contribution in [3.05, 3.63) is 29.1 Å². The van der Waals surface area contributed by atoms with E-state index in [1.54, 1.807) is 0 Å². The highest BCUT2D eigenvalue weighted by atomic mass is 19.4. The molecule has 0 aliphatic heterocycles. The Kier molecular flexibility index (Phi) is 3.64. The van der Waals surface area contributed by atoms with Crippen LogP contribution in [0.4, 0.5) is 22.0 Å². The van der Waals surface area contributed by atoms with Crippen LogP contribution in [0.15, 0.2) is 12.1 Å². The first kappa shape index (κ1) is 13.3. The monoisotopic (exact) mass is 255 g/mol. The van der Waals surface area contributed by atoms with Crippen LogP contribution in [-0.2, 0) is 10.9 Å². The fraction of sp³-hybridized carbons (Fsp3) is 0.333. The quantitative estimate of drug-likeness (QED) is 0.602. The minimum atomic E-state index is -4.95. The zero-order chi connectivity index (χ0) is 13.2. The van der Waals surface area contributed by atoms with E-state index in [0.29, 0.717) is 12.1 Å². The molecule has 0 bridgehead atoms. The number of aromatic nitrogens is 1. The predicted octanol–water partition coefficient (Wildman–Crippen LogP) is 2.82. The Hall–Kier alpha value is -1.73. The van der Waals surface area contributed by atoms with Crippen LogP contribution in [0.1, 0.15) is 28.2 Å². The predicted molar refractivity (Wildman–Crippen MR) is 45.5 cm³/mol. The molecule has 8 heteroatoms. The van der Waals surface area contributed by atoms with E-state index in [0.717, 1.165) is 7.11 Å². The van der Waals surface area contributed by atoms with Gasteiger partial charge in [-0.15, -0.1) is 0 Å². The topological polar surface area (TPSA) is 39.2 Å². The largest absolute Gasteiger partial charge is 0.464 e. The summed E-state index contributed by atoms with van der Waals surface area (Å²) in [6, 6.07) is 1.06. The lowest BCUT2D eigenvalue weighted by Crippen LogP contribution is -2.14. The third kappa shape index (κ3) is 2.89. The maximum absolute atomic E-state index is 12.4. The summed E-state index contributed by atoms with van der Waals surface area (Å²) in [5.41, 5.74) is -3.66. The van der Waals surface area contributed by atoms with E-state index in [9.17, 15) is 26.7 Å². The average molecular weight is 255 g/mol. The molecule has 17 heavy (non-hydrogen) atoms. The van der Waals surface area contributed by atoms with Gasteiger partial charge in [0.2, 0.25) is 0 Å². The Bertz CT molecular complexity index is 430. The van der Waals surface area contributed by atoms with Crippen LogP contribution in [0, 0.1) is 0 Å². The summed E-state index contributed by atoms with van der Waals surface area (Å²) in [7, 11) is 0.962. The molecule has 0 aromatic carbocycles. The lowest BCUT2D eigenvalue weighted by molar-refractivity contribution is -0.140. The molecular formula is C9H6F5NO2. The number of nitrogens with zero attached hydrogens (tertiary/aromatic N) is 1. The molecule has 0 aliphatic carbocycles. The van der Waals surface area contributed by atoms with Crippen molar-refractivity contribution in [2.45, 2.75) is 12.6 Å². The molecule has 0 aliphatic rings. The van der Waals surface area contributed by atoms with Gasteiger partial charge in [-0.25, -0.2) is 18.6 Å². The van der Waals surface area contributed by atoms with Crippen molar-refractivity contribution in [3.63, 3.8) is 0 Å². The van der Waals surface area contributed by atoms with E-state index in [1.165, 1.54) is 0 Å². The van der Waals surface area contributed by atoms with Gasteiger partial charge >= 0.3 is 12.1 Å². The zero-order valence-electron chi connectivity index (χ0n) is 8.39. The highest BCUT2D eigenvalue weighted by Crippen LogP contribution is 2.35. The molecule has 0 fully saturated rings. The van der Waals surface area contributed by atoms with Crippen LogP contribution >= 0.6 is 0 Å². The summed E-state index contributed by atoms with van der Waals surface area (Å²) in [5.74, 6) is -1.08. The summed E-state index contributed by atoms with van der Waals surface area (Å²) >= 11 is 0. The molecule has 3 nitrogen and oxygen atoms in total. The molecule has 94 valence electrons. The fourth-order valence-electron chi connectivity index (χ4n) is 1.10. The van der Waals surface area contributed by atoms with Crippen LogP contribution in [0.2, 0.25) is 0 Å². The van der Waals surface area contributed by atoms with Crippen molar-refractivity contribution < 1.29 is 31.5 Å². The van der Waals surface area contributed by atoms with E-state index in [2.05, 4.69) is 9.72 Å². The van der Waals surface area contributed by atoms with Crippen molar-refractivity contribution in [1.82, 2.24) is 4.98 Å². The minimum absolute atomic E-state index is 0.376. The van der Waals surface area contributed by atoms with Gasteiger partial charge in [-0.05, 0) is 12.1 Å². The summed E-state index contributed by atoms with van der Waals surface area (Å²) in [6.45, 7) is 0. The standard InChI is InChI=1S/C9H6F5NO2/c1-17-8(16)5-3-2-4(9(12,13)14)6(15-5)7(10)11/h2-3,7H,1H3. The van der Waals surface area contributed by atoms with E-state index >= 15 is 0 Å². The SMILES string of the molecule is COC(=O)c1ccc(C(F)(F)F)c(C(F)F)n1. The lowest BCUT2D eigenvalue weighted by Gasteiger charge is -2.12. The van der Waals surface area contributed by atoms with Gasteiger partial charge in [-0.3, -0.25) is 0 Å². The van der Waals surface area contributed by atoms with Gasteiger partial charge in [0.05, 0.1) is 12.7 Å². The summed E-state index contributed by atoms with van der Waals surface area (Å²) in [4.78, 5) is 13.9. The van der Waals surface area contributed by atoms with Crippen LogP contribution in [0.3, 0.4) is 0 Å². The number of esters is 1. The normalized spacial score (nSPS) is 11.7. The first-order valence-electron chi connectivity index (χ1n) is 4.22. The van der Waals surface area contributed by atoms with Crippen LogP contribution < -0.4 is 0 Å². The Balaban J connectivity index is 3.32. The van der Waals surface area contributed by atoms with E-state index in [4.69, 9.17) is 0 Å². The molecule has 1 aromatic heterocycles. The molecule has 0 spiro atoms. The number of carbonyl (C=O) groups is 1. The van der Waals surface area contributed by atoms with Gasteiger partial charge in [-0.1, -0.05) is 0 Å². The zero-order valence-corrected chi connectivity index (χ0v) is 8.39. The van der Waals surface area contributed by atoms with E-state index in [1.807, 2.05) is 0 Å². The van der Waals surface area contributed by atoms with Crippen molar-refractivity contribution in [2.75, 3.05) is 7.11 Å². The number of pyridine rings is 1. The molecule has 1 heterocycles.